The number of benzene rings is 2. The zero-order chi connectivity index (χ0) is 19.7. The van der Waals surface area contributed by atoms with Gasteiger partial charge in [0, 0.05) is 24.1 Å². The zero-order valence-electron chi connectivity index (χ0n) is 16.2. The molecule has 1 amide bonds. The Morgan fingerprint density at radius 1 is 1.32 bits per heavy atom. The standard InChI is InChI=1S/C22H24BrN3OS/c1-14-10-15(2)20-19(11-14)28-22(25-20)26-9-5-7-17(13-26)21(27)24-12-16-6-3-4-8-18(16)23/h3-4,6,8,10-11,17H,5,7,9,12-13H2,1-2H3,(H,24,27). The first-order chi connectivity index (χ1) is 13.5. The molecule has 1 fully saturated rings. The number of anilines is 1. The van der Waals surface area contributed by atoms with E-state index in [0.717, 1.165) is 46.6 Å². The van der Waals surface area contributed by atoms with Crippen molar-refractivity contribution >= 4 is 48.5 Å². The molecule has 1 aliphatic heterocycles. The average Bonchev–Trinajstić information content (AvgIpc) is 3.12. The van der Waals surface area contributed by atoms with Gasteiger partial charge in [0.1, 0.15) is 0 Å². The van der Waals surface area contributed by atoms with Gasteiger partial charge in [0.2, 0.25) is 5.91 Å². The quantitative estimate of drug-likeness (QED) is 0.584. The summed E-state index contributed by atoms with van der Waals surface area (Å²) in [6.45, 7) is 6.49. The predicted octanol–water partition coefficient (Wildman–Crippen LogP) is 5.21. The van der Waals surface area contributed by atoms with Crippen LogP contribution in [0.15, 0.2) is 40.9 Å². The van der Waals surface area contributed by atoms with Crippen LogP contribution in [0.5, 0.6) is 0 Å². The molecule has 1 aromatic heterocycles. The van der Waals surface area contributed by atoms with E-state index in [2.05, 4.69) is 52.1 Å². The van der Waals surface area contributed by atoms with Crippen molar-refractivity contribution in [3.63, 3.8) is 0 Å². The summed E-state index contributed by atoms with van der Waals surface area (Å²) < 4.78 is 2.26. The molecule has 28 heavy (non-hydrogen) atoms. The Bertz CT molecular complexity index is 1020. The van der Waals surface area contributed by atoms with Gasteiger partial charge in [0.15, 0.2) is 5.13 Å². The molecule has 0 spiro atoms. The molecule has 146 valence electrons. The van der Waals surface area contributed by atoms with Crippen molar-refractivity contribution in [3.8, 4) is 0 Å². The molecule has 0 radical (unpaired) electrons. The van der Waals surface area contributed by atoms with Crippen LogP contribution in [-0.2, 0) is 11.3 Å². The fourth-order valence-electron chi connectivity index (χ4n) is 3.83. The Morgan fingerprint density at radius 2 is 2.14 bits per heavy atom. The van der Waals surface area contributed by atoms with Crippen LogP contribution >= 0.6 is 27.3 Å². The number of nitrogens with zero attached hydrogens (tertiary/aromatic N) is 2. The summed E-state index contributed by atoms with van der Waals surface area (Å²) in [5.41, 5.74) is 4.67. The Kier molecular flexibility index (Phi) is 5.69. The second-order valence-corrected chi connectivity index (χ2v) is 9.38. The first kappa shape index (κ1) is 19.4. The minimum absolute atomic E-state index is 0.00563. The fourth-order valence-corrected chi connectivity index (χ4v) is 5.43. The van der Waals surface area contributed by atoms with Crippen LogP contribution in [0.4, 0.5) is 5.13 Å². The van der Waals surface area contributed by atoms with Crippen LogP contribution in [0, 0.1) is 19.8 Å². The molecule has 1 unspecified atom stereocenters. The minimum Gasteiger partial charge on any atom is -0.352 e. The van der Waals surface area contributed by atoms with Gasteiger partial charge in [-0.1, -0.05) is 51.5 Å². The van der Waals surface area contributed by atoms with E-state index in [9.17, 15) is 4.79 Å². The van der Waals surface area contributed by atoms with Crippen molar-refractivity contribution < 1.29 is 4.79 Å². The first-order valence-electron chi connectivity index (χ1n) is 9.65. The topological polar surface area (TPSA) is 45.2 Å². The third-order valence-electron chi connectivity index (χ3n) is 5.29. The lowest BCUT2D eigenvalue weighted by atomic mass is 9.97. The van der Waals surface area contributed by atoms with E-state index in [1.165, 1.54) is 15.8 Å². The van der Waals surface area contributed by atoms with Crippen molar-refractivity contribution in [1.82, 2.24) is 10.3 Å². The van der Waals surface area contributed by atoms with E-state index >= 15 is 0 Å². The number of aromatic nitrogens is 1. The number of hydrogen-bond acceptors (Lipinski definition) is 4. The SMILES string of the molecule is Cc1cc(C)c2nc(N3CCCC(C(=O)NCc4ccccc4Br)C3)sc2c1. The lowest BCUT2D eigenvalue weighted by Gasteiger charge is -2.31. The smallest absolute Gasteiger partial charge is 0.225 e. The van der Waals surface area contributed by atoms with Crippen LogP contribution in [-0.4, -0.2) is 24.0 Å². The number of thiazole rings is 1. The summed E-state index contributed by atoms with van der Waals surface area (Å²) in [5.74, 6) is 0.139. The highest BCUT2D eigenvalue weighted by atomic mass is 79.9. The summed E-state index contributed by atoms with van der Waals surface area (Å²) in [4.78, 5) is 19.9. The van der Waals surface area contributed by atoms with Crippen molar-refractivity contribution in [2.45, 2.75) is 33.2 Å². The van der Waals surface area contributed by atoms with E-state index in [1.807, 2.05) is 24.3 Å². The Morgan fingerprint density at radius 3 is 2.96 bits per heavy atom. The molecular weight excluding hydrogens is 434 g/mol. The molecule has 1 saturated heterocycles. The summed E-state index contributed by atoms with van der Waals surface area (Å²) >= 11 is 5.28. The molecule has 0 aliphatic carbocycles. The summed E-state index contributed by atoms with van der Waals surface area (Å²) in [7, 11) is 0. The predicted molar refractivity (Wildman–Crippen MR) is 120 cm³/mol. The molecule has 6 heteroatoms. The Labute approximate surface area is 178 Å². The fraction of sp³-hybridized carbons (Fsp3) is 0.364. The molecule has 4 nitrogen and oxygen atoms in total. The third kappa shape index (κ3) is 4.08. The largest absolute Gasteiger partial charge is 0.352 e. The van der Waals surface area contributed by atoms with Gasteiger partial charge in [-0.25, -0.2) is 4.98 Å². The number of amides is 1. The van der Waals surface area contributed by atoms with Gasteiger partial charge in [-0.3, -0.25) is 4.79 Å². The van der Waals surface area contributed by atoms with Crippen molar-refractivity contribution in [3.05, 3.63) is 57.6 Å². The number of piperidine rings is 1. The van der Waals surface area contributed by atoms with E-state index < -0.39 is 0 Å². The number of nitrogens with one attached hydrogen (secondary N) is 1. The number of halogens is 1. The second-order valence-electron chi connectivity index (χ2n) is 7.52. The number of carbonyl (C=O) groups excluding carboxylic acids is 1. The lowest BCUT2D eigenvalue weighted by Crippen LogP contribution is -2.43. The van der Waals surface area contributed by atoms with Crippen LogP contribution in [0.25, 0.3) is 10.2 Å². The van der Waals surface area contributed by atoms with Gasteiger partial charge in [0.25, 0.3) is 0 Å². The van der Waals surface area contributed by atoms with E-state index in [-0.39, 0.29) is 11.8 Å². The van der Waals surface area contributed by atoms with Gasteiger partial charge in [-0.05, 0) is 55.5 Å². The monoisotopic (exact) mass is 457 g/mol. The van der Waals surface area contributed by atoms with Crippen molar-refractivity contribution in [2.75, 3.05) is 18.0 Å². The summed E-state index contributed by atoms with van der Waals surface area (Å²) in [5, 5.41) is 4.15. The maximum absolute atomic E-state index is 12.8. The highest BCUT2D eigenvalue weighted by molar-refractivity contribution is 9.10. The number of hydrogen-bond donors (Lipinski definition) is 1. The van der Waals surface area contributed by atoms with Gasteiger partial charge in [-0.2, -0.15) is 0 Å². The molecule has 4 rings (SSSR count). The van der Waals surface area contributed by atoms with Gasteiger partial charge in [0.05, 0.1) is 16.1 Å². The maximum Gasteiger partial charge on any atom is 0.225 e. The van der Waals surface area contributed by atoms with Gasteiger partial charge >= 0.3 is 0 Å². The number of carbonyl (C=O) groups is 1. The van der Waals surface area contributed by atoms with E-state index in [0.29, 0.717) is 6.54 Å². The maximum atomic E-state index is 12.8. The molecule has 2 aromatic carbocycles. The highest BCUT2D eigenvalue weighted by Gasteiger charge is 2.27. The number of aryl methyl sites for hydroxylation is 2. The molecule has 1 N–H and O–H groups in total. The third-order valence-corrected chi connectivity index (χ3v) is 7.13. The normalized spacial score (nSPS) is 17.1. The molecule has 0 saturated carbocycles. The molecule has 1 aliphatic rings. The highest BCUT2D eigenvalue weighted by Crippen LogP contribution is 2.33. The zero-order valence-corrected chi connectivity index (χ0v) is 18.6. The van der Waals surface area contributed by atoms with Crippen LogP contribution in [0.3, 0.4) is 0 Å². The first-order valence-corrected chi connectivity index (χ1v) is 11.3. The number of fused-ring (bicyclic) bond motifs is 1. The van der Waals surface area contributed by atoms with Crippen molar-refractivity contribution in [2.24, 2.45) is 5.92 Å². The summed E-state index contributed by atoms with van der Waals surface area (Å²) in [6, 6.07) is 12.4. The lowest BCUT2D eigenvalue weighted by molar-refractivity contribution is -0.125. The van der Waals surface area contributed by atoms with E-state index in [1.54, 1.807) is 11.3 Å². The molecular formula is C22H24BrN3OS. The summed E-state index contributed by atoms with van der Waals surface area (Å²) in [6.07, 6.45) is 1.95. The van der Waals surface area contributed by atoms with Crippen molar-refractivity contribution in [1.29, 1.82) is 0 Å². The Balaban J connectivity index is 1.45. The second kappa shape index (κ2) is 8.21. The average molecular weight is 458 g/mol. The van der Waals surface area contributed by atoms with Crippen LogP contribution in [0.2, 0.25) is 0 Å². The van der Waals surface area contributed by atoms with Crippen LogP contribution in [0.1, 0.15) is 29.5 Å². The van der Waals surface area contributed by atoms with Crippen LogP contribution < -0.4 is 10.2 Å². The molecule has 0 bridgehead atoms. The van der Waals surface area contributed by atoms with Gasteiger partial charge in [-0.15, -0.1) is 0 Å². The minimum atomic E-state index is 0.00563. The van der Waals surface area contributed by atoms with E-state index in [4.69, 9.17) is 4.98 Å². The van der Waals surface area contributed by atoms with Gasteiger partial charge < -0.3 is 10.2 Å². The molecule has 3 aromatic rings. The number of rotatable bonds is 4. The molecule has 2 heterocycles. The Hall–Kier alpha value is -1.92. The molecule has 1 atom stereocenters.